The van der Waals surface area contributed by atoms with Gasteiger partial charge in [0.15, 0.2) is 5.82 Å². The van der Waals surface area contributed by atoms with Crippen molar-refractivity contribution in [3.8, 4) is 5.75 Å². The lowest BCUT2D eigenvalue weighted by atomic mass is 10.1. The van der Waals surface area contributed by atoms with Gasteiger partial charge in [-0.25, -0.2) is 0 Å². The van der Waals surface area contributed by atoms with E-state index in [-0.39, 0.29) is 0 Å². The average molecular weight is 294 g/mol. The Balaban J connectivity index is 2.28. The zero-order chi connectivity index (χ0) is 12.3. The summed E-state index contributed by atoms with van der Waals surface area (Å²) in [6, 6.07) is 9.71. The van der Waals surface area contributed by atoms with Gasteiger partial charge in [0.25, 0.3) is 0 Å². The molecule has 5 heteroatoms. The number of nitrogens with zero attached hydrogens (tertiary/aromatic N) is 2. The van der Waals surface area contributed by atoms with Crippen LogP contribution < -0.4 is 10.5 Å². The summed E-state index contributed by atoms with van der Waals surface area (Å²) in [6.45, 7) is 0. The van der Waals surface area contributed by atoms with Gasteiger partial charge in [0, 0.05) is 12.0 Å². The third-order valence-electron chi connectivity index (χ3n) is 2.39. The zero-order valence-electron chi connectivity index (χ0n) is 9.35. The molecule has 4 nitrogen and oxygen atoms in total. The van der Waals surface area contributed by atoms with Gasteiger partial charge >= 0.3 is 0 Å². The van der Waals surface area contributed by atoms with Gasteiger partial charge in [-0.3, -0.25) is 0 Å². The predicted molar refractivity (Wildman–Crippen MR) is 69.9 cm³/mol. The minimum Gasteiger partial charge on any atom is -0.496 e. The molecule has 0 aliphatic rings. The monoisotopic (exact) mass is 293 g/mol. The molecule has 0 aliphatic carbocycles. The van der Waals surface area contributed by atoms with Gasteiger partial charge in [-0.1, -0.05) is 18.2 Å². The Morgan fingerprint density at radius 1 is 1.29 bits per heavy atom. The van der Waals surface area contributed by atoms with Crippen LogP contribution >= 0.6 is 15.9 Å². The van der Waals surface area contributed by atoms with Crippen molar-refractivity contribution in [2.45, 2.75) is 6.42 Å². The fraction of sp³-hybridized carbons (Fsp3) is 0.167. The number of halogens is 1. The molecule has 88 valence electrons. The van der Waals surface area contributed by atoms with E-state index < -0.39 is 0 Å². The minimum absolute atomic E-state index is 0.397. The van der Waals surface area contributed by atoms with Crippen molar-refractivity contribution in [1.29, 1.82) is 0 Å². The van der Waals surface area contributed by atoms with E-state index in [4.69, 9.17) is 10.5 Å². The van der Waals surface area contributed by atoms with Crippen molar-refractivity contribution in [3.05, 3.63) is 46.1 Å². The molecule has 0 aliphatic heterocycles. The van der Waals surface area contributed by atoms with Gasteiger partial charge in [0.2, 0.25) is 0 Å². The zero-order valence-corrected chi connectivity index (χ0v) is 10.9. The molecule has 0 bridgehead atoms. The van der Waals surface area contributed by atoms with Gasteiger partial charge in [-0.2, -0.15) is 5.10 Å². The van der Waals surface area contributed by atoms with Crippen LogP contribution in [0, 0.1) is 0 Å². The number of rotatable bonds is 3. The second-order valence-corrected chi connectivity index (χ2v) is 4.41. The molecule has 0 saturated carbocycles. The topological polar surface area (TPSA) is 61.0 Å². The number of nitrogen functional groups attached to an aromatic ring is 1. The largest absolute Gasteiger partial charge is 0.496 e. The number of hydrogen-bond donors (Lipinski definition) is 1. The van der Waals surface area contributed by atoms with Gasteiger partial charge in [-0.15, -0.1) is 5.10 Å². The molecule has 0 saturated heterocycles. The lowest BCUT2D eigenvalue weighted by Gasteiger charge is -2.07. The SMILES string of the molecule is COc1ccccc1Cc1cc(Br)c(N)nn1. The molecule has 0 amide bonds. The Morgan fingerprint density at radius 3 is 2.76 bits per heavy atom. The highest BCUT2D eigenvalue weighted by atomic mass is 79.9. The highest BCUT2D eigenvalue weighted by Crippen LogP contribution is 2.22. The smallest absolute Gasteiger partial charge is 0.160 e. The summed E-state index contributed by atoms with van der Waals surface area (Å²) in [6.07, 6.45) is 0.663. The summed E-state index contributed by atoms with van der Waals surface area (Å²) < 4.78 is 6.05. The summed E-state index contributed by atoms with van der Waals surface area (Å²) in [5.41, 5.74) is 7.51. The van der Waals surface area contributed by atoms with Gasteiger partial charge in [-0.05, 0) is 28.1 Å². The Morgan fingerprint density at radius 2 is 2.06 bits per heavy atom. The number of methoxy groups -OCH3 is 1. The van der Waals surface area contributed by atoms with E-state index in [2.05, 4.69) is 26.1 Å². The molecule has 1 aromatic carbocycles. The second kappa shape index (κ2) is 5.14. The van der Waals surface area contributed by atoms with Gasteiger partial charge in [0.1, 0.15) is 5.75 Å². The predicted octanol–water partition coefficient (Wildman–Crippen LogP) is 2.42. The lowest BCUT2D eigenvalue weighted by Crippen LogP contribution is -2.00. The van der Waals surface area contributed by atoms with Crippen LogP contribution in [0.2, 0.25) is 0 Å². The maximum absolute atomic E-state index is 5.59. The first-order valence-corrected chi connectivity index (χ1v) is 5.89. The average Bonchev–Trinajstić information content (AvgIpc) is 2.34. The maximum atomic E-state index is 5.59. The fourth-order valence-corrected chi connectivity index (χ4v) is 1.89. The van der Waals surface area contributed by atoms with Crippen molar-refractivity contribution in [2.24, 2.45) is 0 Å². The van der Waals surface area contributed by atoms with Crippen molar-refractivity contribution >= 4 is 21.7 Å². The minimum atomic E-state index is 0.397. The van der Waals surface area contributed by atoms with Gasteiger partial charge < -0.3 is 10.5 Å². The molecule has 2 rings (SSSR count). The van der Waals surface area contributed by atoms with Crippen molar-refractivity contribution in [1.82, 2.24) is 10.2 Å². The van der Waals surface area contributed by atoms with Crippen LogP contribution in [0.4, 0.5) is 5.82 Å². The number of nitrogens with two attached hydrogens (primary N) is 1. The molecular weight excluding hydrogens is 282 g/mol. The maximum Gasteiger partial charge on any atom is 0.160 e. The molecule has 0 fully saturated rings. The lowest BCUT2D eigenvalue weighted by molar-refractivity contribution is 0.410. The number of anilines is 1. The summed E-state index contributed by atoms with van der Waals surface area (Å²) in [7, 11) is 1.66. The summed E-state index contributed by atoms with van der Waals surface area (Å²) >= 11 is 3.34. The first-order valence-electron chi connectivity index (χ1n) is 5.10. The number of hydrogen-bond acceptors (Lipinski definition) is 4. The molecule has 1 aromatic heterocycles. The van der Waals surface area contributed by atoms with Crippen molar-refractivity contribution in [3.63, 3.8) is 0 Å². The first-order chi connectivity index (χ1) is 8.20. The molecule has 0 radical (unpaired) electrons. The van der Waals surface area contributed by atoms with Crippen LogP contribution in [0.3, 0.4) is 0 Å². The van der Waals surface area contributed by atoms with E-state index in [1.807, 2.05) is 30.3 Å². The fourth-order valence-electron chi connectivity index (χ4n) is 1.55. The molecule has 17 heavy (non-hydrogen) atoms. The molecule has 1 heterocycles. The Labute approximate surface area is 108 Å². The first kappa shape index (κ1) is 11.9. The molecule has 0 atom stereocenters. The van der Waals surface area contributed by atoms with E-state index in [1.54, 1.807) is 7.11 Å². The van der Waals surface area contributed by atoms with Crippen LogP contribution in [0.15, 0.2) is 34.8 Å². The quantitative estimate of drug-likeness (QED) is 0.944. The van der Waals surface area contributed by atoms with Crippen molar-refractivity contribution < 1.29 is 4.74 Å². The van der Waals surface area contributed by atoms with E-state index in [0.29, 0.717) is 12.2 Å². The van der Waals surface area contributed by atoms with Gasteiger partial charge in [0.05, 0.1) is 17.3 Å². The van der Waals surface area contributed by atoms with Crippen LogP contribution in [-0.4, -0.2) is 17.3 Å². The number of aromatic nitrogens is 2. The summed E-state index contributed by atoms with van der Waals surface area (Å²) in [5, 5.41) is 7.92. The van der Waals surface area contributed by atoms with E-state index in [9.17, 15) is 0 Å². The normalized spacial score (nSPS) is 10.2. The van der Waals surface area contributed by atoms with E-state index in [0.717, 1.165) is 21.5 Å². The Bertz CT molecular complexity index is 531. The number of para-hydroxylation sites is 1. The number of ether oxygens (including phenoxy) is 1. The standard InChI is InChI=1S/C12H12BrN3O/c1-17-11-5-3-2-4-8(11)6-9-7-10(13)12(14)16-15-9/h2-5,7H,6H2,1H3,(H2,14,16). The highest BCUT2D eigenvalue weighted by Gasteiger charge is 2.06. The van der Waals surface area contributed by atoms with Crippen molar-refractivity contribution in [2.75, 3.05) is 12.8 Å². The molecule has 0 spiro atoms. The van der Waals surface area contributed by atoms with E-state index >= 15 is 0 Å². The number of benzene rings is 1. The summed E-state index contributed by atoms with van der Waals surface area (Å²) in [5.74, 6) is 1.25. The van der Waals surface area contributed by atoms with Crippen LogP contribution in [0.25, 0.3) is 0 Å². The third-order valence-corrected chi connectivity index (χ3v) is 3.02. The van der Waals surface area contributed by atoms with Crippen LogP contribution in [-0.2, 0) is 6.42 Å². The molecule has 2 aromatic rings. The Kier molecular flexibility index (Phi) is 3.58. The summed E-state index contributed by atoms with van der Waals surface area (Å²) in [4.78, 5) is 0. The second-order valence-electron chi connectivity index (χ2n) is 3.56. The Hall–Kier alpha value is -1.62. The molecular formula is C12H12BrN3O. The molecule has 0 unspecified atom stereocenters. The highest BCUT2D eigenvalue weighted by molar-refractivity contribution is 9.10. The van der Waals surface area contributed by atoms with E-state index in [1.165, 1.54) is 0 Å². The van der Waals surface area contributed by atoms with Crippen LogP contribution in [0.1, 0.15) is 11.3 Å². The van der Waals surface area contributed by atoms with Crippen LogP contribution in [0.5, 0.6) is 5.75 Å². The molecule has 2 N–H and O–H groups in total. The third kappa shape index (κ3) is 2.74.